The van der Waals surface area contributed by atoms with Gasteiger partial charge in [-0.15, -0.1) is 0 Å². The van der Waals surface area contributed by atoms with Crippen LogP contribution in [0.3, 0.4) is 0 Å². The predicted octanol–water partition coefficient (Wildman–Crippen LogP) is 2.90. The quantitative estimate of drug-likeness (QED) is 0.647. The van der Waals surface area contributed by atoms with Crippen LogP contribution in [-0.4, -0.2) is 23.7 Å². The molecule has 4 nitrogen and oxygen atoms in total. The number of aryl methyl sites for hydroxylation is 1. The Kier molecular flexibility index (Phi) is 5.17. The summed E-state index contributed by atoms with van der Waals surface area (Å²) in [6, 6.07) is 0. The fourth-order valence-electron chi connectivity index (χ4n) is 2.49. The lowest BCUT2D eigenvalue weighted by Crippen LogP contribution is -2.10. The number of ether oxygens (including phenoxy) is 1. The maximum absolute atomic E-state index is 6.00. The number of nitrogens with two attached hydrogens (primary N) is 1. The zero-order chi connectivity index (χ0) is 13.0. The van der Waals surface area contributed by atoms with Crippen molar-refractivity contribution in [1.82, 2.24) is 9.97 Å². The van der Waals surface area contributed by atoms with E-state index in [1.54, 1.807) is 7.11 Å². The van der Waals surface area contributed by atoms with Gasteiger partial charge in [-0.2, -0.15) is 0 Å². The number of anilines is 1. The Balaban J connectivity index is 2.16. The highest BCUT2D eigenvalue weighted by molar-refractivity contribution is 14.1. The normalized spacial score (nSPS) is 16.3. The first-order chi connectivity index (χ1) is 8.72. The van der Waals surface area contributed by atoms with E-state index in [0.29, 0.717) is 11.7 Å². The smallest absolute Gasteiger partial charge is 0.140 e. The molecule has 0 aliphatic heterocycles. The van der Waals surface area contributed by atoms with E-state index < -0.39 is 0 Å². The van der Waals surface area contributed by atoms with Gasteiger partial charge in [-0.3, -0.25) is 0 Å². The lowest BCUT2D eigenvalue weighted by Gasteiger charge is -2.13. The molecule has 0 atom stereocenters. The first-order valence-corrected chi connectivity index (χ1v) is 7.61. The average molecular weight is 361 g/mol. The Hall–Kier alpha value is -0.430. The van der Waals surface area contributed by atoms with Crippen LogP contribution in [0.5, 0.6) is 0 Å². The molecule has 5 heteroatoms. The van der Waals surface area contributed by atoms with Gasteiger partial charge in [-0.05, 0) is 41.9 Å². The minimum absolute atomic E-state index is 0.586. The topological polar surface area (TPSA) is 61.0 Å². The second-order valence-corrected chi connectivity index (χ2v) is 5.88. The van der Waals surface area contributed by atoms with Gasteiger partial charge in [0, 0.05) is 26.1 Å². The molecule has 18 heavy (non-hydrogen) atoms. The molecule has 0 unspecified atom stereocenters. The van der Waals surface area contributed by atoms with E-state index >= 15 is 0 Å². The van der Waals surface area contributed by atoms with Gasteiger partial charge in [0.15, 0.2) is 0 Å². The molecule has 1 aliphatic carbocycles. The van der Waals surface area contributed by atoms with Gasteiger partial charge >= 0.3 is 0 Å². The second-order valence-electron chi connectivity index (χ2n) is 4.80. The molecule has 0 bridgehead atoms. The number of methoxy groups -OCH3 is 1. The third-order valence-corrected chi connectivity index (χ3v) is 4.54. The summed E-state index contributed by atoms with van der Waals surface area (Å²) in [6.45, 7) is 0.744. The van der Waals surface area contributed by atoms with Crippen LogP contribution >= 0.6 is 22.6 Å². The molecule has 0 radical (unpaired) electrons. The minimum atomic E-state index is 0.586. The van der Waals surface area contributed by atoms with Gasteiger partial charge in [-0.25, -0.2) is 9.97 Å². The Bertz CT molecular complexity index is 405. The number of aromatic nitrogens is 2. The zero-order valence-electron chi connectivity index (χ0n) is 10.8. The SMILES string of the molecule is COCCCc1nc(N)c(I)c(C2CCCC2)n1. The number of nitrogens with zero attached hydrogens (tertiary/aromatic N) is 2. The van der Waals surface area contributed by atoms with Crippen LogP contribution in [0.1, 0.15) is 49.5 Å². The summed E-state index contributed by atoms with van der Waals surface area (Å²) < 4.78 is 6.11. The van der Waals surface area contributed by atoms with Crippen LogP contribution in [0, 0.1) is 3.57 Å². The van der Waals surface area contributed by atoms with Gasteiger partial charge in [0.25, 0.3) is 0 Å². The molecule has 1 aliphatic rings. The number of nitrogen functional groups attached to an aromatic ring is 1. The lowest BCUT2D eigenvalue weighted by atomic mass is 10.0. The van der Waals surface area contributed by atoms with Crippen LogP contribution in [0.25, 0.3) is 0 Å². The molecular formula is C13H20IN3O. The molecule has 1 saturated carbocycles. The summed E-state index contributed by atoms with van der Waals surface area (Å²) >= 11 is 2.28. The fraction of sp³-hybridized carbons (Fsp3) is 0.692. The molecule has 0 saturated heterocycles. The summed E-state index contributed by atoms with van der Waals surface area (Å²) in [4.78, 5) is 9.11. The predicted molar refractivity (Wildman–Crippen MR) is 80.6 cm³/mol. The van der Waals surface area contributed by atoms with Crippen LogP contribution < -0.4 is 5.73 Å². The molecule has 1 heterocycles. The minimum Gasteiger partial charge on any atom is -0.385 e. The number of halogens is 1. The van der Waals surface area contributed by atoms with Crippen molar-refractivity contribution in [2.24, 2.45) is 0 Å². The molecule has 100 valence electrons. The van der Waals surface area contributed by atoms with E-state index in [1.165, 1.54) is 31.4 Å². The van der Waals surface area contributed by atoms with Gasteiger partial charge in [0.2, 0.25) is 0 Å². The van der Waals surface area contributed by atoms with Crippen molar-refractivity contribution in [2.75, 3.05) is 19.5 Å². The molecule has 2 rings (SSSR count). The Morgan fingerprint density at radius 1 is 1.33 bits per heavy atom. The standard InChI is InChI=1S/C13H20IN3O/c1-18-8-4-7-10-16-12(9-5-2-3-6-9)11(14)13(15)17-10/h9H,2-8H2,1H3,(H2,15,16,17). The number of rotatable bonds is 5. The monoisotopic (exact) mass is 361 g/mol. The second kappa shape index (κ2) is 6.65. The van der Waals surface area contributed by atoms with Crippen molar-refractivity contribution in [3.8, 4) is 0 Å². The molecule has 0 aromatic carbocycles. The van der Waals surface area contributed by atoms with Crippen LogP contribution in [-0.2, 0) is 11.2 Å². The van der Waals surface area contributed by atoms with E-state index in [4.69, 9.17) is 15.5 Å². The highest BCUT2D eigenvalue weighted by Gasteiger charge is 2.23. The molecule has 0 spiro atoms. The maximum Gasteiger partial charge on any atom is 0.140 e. The molecule has 2 N–H and O–H groups in total. The molecule has 1 aromatic rings. The summed E-state index contributed by atoms with van der Waals surface area (Å²) in [5, 5.41) is 0. The van der Waals surface area contributed by atoms with E-state index in [0.717, 1.165) is 28.8 Å². The van der Waals surface area contributed by atoms with Crippen LogP contribution in [0.15, 0.2) is 0 Å². The summed E-state index contributed by atoms with van der Waals surface area (Å²) in [5.41, 5.74) is 7.18. The Labute approximate surface area is 122 Å². The van der Waals surface area contributed by atoms with Gasteiger partial charge in [0.05, 0.1) is 9.26 Å². The third-order valence-electron chi connectivity index (χ3n) is 3.44. The highest BCUT2D eigenvalue weighted by atomic mass is 127. The number of hydrogen-bond acceptors (Lipinski definition) is 4. The lowest BCUT2D eigenvalue weighted by molar-refractivity contribution is 0.194. The maximum atomic E-state index is 6.00. The Morgan fingerprint density at radius 2 is 2.06 bits per heavy atom. The first-order valence-electron chi connectivity index (χ1n) is 6.53. The summed E-state index contributed by atoms with van der Waals surface area (Å²) in [5.74, 6) is 2.09. The van der Waals surface area contributed by atoms with E-state index in [1.807, 2.05) is 0 Å². The Morgan fingerprint density at radius 3 is 2.72 bits per heavy atom. The van der Waals surface area contributed by atoms with Crippen molar-refractivity contribution in [3.05, 3.63) is 15.1 Å². The first kappa shape index (κ1) is 14.0. The third kappa shape index (κ3) is 3.32. The van der Waals surface area contributed by atoms with Crippen molar-refractivity contribution >= 4 is 28.4 Å². The highest BCUT2D eigenvalue weighted by Crippen LogP contribution is 2.36. The average Bonchev–Trinajstić information content (AvgIpc) is 2.87. The van der Waals surface area contributed by atoms with Gasteiger partial charge in [-0.1, -0.05) is 12.8 Å². The van der Waals surface area contributed by atoms with Crippen LogP contribution in [0.4, 0.5) is 5.82 Å². The fourth-order valence-corrected chi connectivity index (χ4v) is 3.17. The summed E-state index contributed by atoms with van der Waals surface area (Å²) in [7, 11) is 1.72. The van der Waals surface area contributed by atoms with E-state index in [9.17, 15) is 0 Å². The molecule has 1 fully saturated rings. The molecule has 0 amide bonds. The van der Waals surface area contributed by atoms with E-state index in [2.05, 4.69) is 27.6 Å². The molecular weight excluding hydrogens is 341 g/mol. The van der Waals surface area contributed by atoms with Crippen LogP contribution in [0.2, 0.25) is 0 Å². The molecule has 1 aromatic heterocycles. The van der Waals surface area contributed by atoms with Crippen molar-refractivity contribution in [1.29, 1.82) is 0 Å². The largest absolute Gasteiger partial charge is 0.385 e. The summed E-state index contributed by atoms with van der Waals surface area (Å²) in [6.07, 6.45) is 6.89. The van der Waals surface area contributed by atoms with Gasteiger partial charge in [0.1, 0.15) is 11.6 Å². The zero-order valence-corrected chi connectivity index (χ0v) is 12.9. The van der Waals surface area contributed by atoms with Gasteiger partial charge < -0.3 is 10.5 Å². The van der Waals surface area contributed by atoms with Crippen molar-refractivity contribution in [3.63, 3.8) is 0 Å². The number of hydrogen-bond donors (Lipinski definition) is 1. The van der Waals surface area contributed by atoms with Crippen molar-refractivity contribution < 1.29 is 4.74 Å². The van der Waals surface area contributed by atoms with Crippen molar-refractivity contribution in [2.45, 2.75) is 44.4 Å². The van der Waals surface area contributed by atoms with E-state index in [-0.39, 0.29) is 0 Å².